The van der Waals surface area contributed by atoms with Gasteiger partial charge < -0.3 is 10.1 Å². The zero-order chi connectivity index (χ0) is 13.6. The molecule has 3 nitrogen and oxygen atoms in total. The van der Waals surface area contributed by atoms with Crippen LogP contribution >= 0.6 is 0 Å². The molecule has 0 bridgehead atoms. The number of halogens is 3. The van der Waals surface area contributed by atoms with Gasteiger partial charge in [-0.15, -0.1) is 0 Å². The Labute approximate surface area is 103 Å². The molecule has 6 heteroatoms. The van der Waals surface area contributed by atoms with E-state index in [0.717, 1.165) is 12.1 Å². The molecule has 1 unspecified atom stereocenters. The van der Waals surface area contributed by atoms with Crippen molar-refractivity contribution in [2.75, 3.05) is 20.2 Å². The van der Waals surface area contributed by atoms with Crippen LogP contribution in [0.15, 0.2) is 24.3 Å². The van der Waals surface area contributed by atoms with E-state index in [1.165, 1.54) is 13.2 Å². The normalized spacial score (nSPS) is 13.1. The van der Waals surface area contributed by atoms with E-state index in [4.69, 9.17) is 10.00 Å². The van der Waals surface area contributed by atoms with Gasteiger partial charge in [0, 0.05) is 13.7 Å². The SMILES string of the molecule is COC(CNCC#N)c1cccc(C(F)(F)F)c1. The topological polar surface area (TPSA) is 45.0 Å². The number of nitrogens with one attached hydrogen (secondary N) is 1. The van der Waals surface area contributed by atoms with Crippen molar-refractivity contribution in [3.63, 3.8) is 0 Å². The number of nitrogens with zero attached hydrogens (tertiary/aromatic N) is 1. The Kier molecular flexibility index (Phi) is 5.13. The number of nitriles is 1. The van der Waals surface area contributed by atoms with Crippen molar-refractivity contribution in [1.29, 1.82) is 5.26 Å². The van der Waals surface area contributed by atoms with Crippen molar-refractivity contribution >= 4 is 0 Å². The largest absolute Gasteiger partial charge is 0.416 e. The average molecular weight is 258 g/mol. The Bertz CT molecular complexity index is 426. The summed E-state index contributed by atoms with van der Waals surface area (Å²) in [5.41, 5.74) is -0.278. The first-order valence-electron chi connectivity index (χ1n) is 5.26. The molecule has 1 rings (SSSR count). The molecule has 18 heavy (non-hydrogen) atoms. The molecule has 0 spiro atoms. The van der Waals surface area contributed by atoms with Crippen LogP contribution in [0.3, 0.4) is 0 Å². The van der Waals surface area contributed by atoms with Crippen LogP contribution in [0.2, 0.25) is 0 Å². The number of alkyl halides is 3. The standard InChI is InChI=1S/C12H13F3N2O/c1-18-11(8-17-6-5-16)9-3-2-4-10(7-9)12(13,14)15/h2-4,7,11,17H,6,8H2,1H3. The summed E-state index contributed by atoms with van der Waals surface area (Å²) < 4.78 is 42.7. The van der Waals surface area contributed by atoms with Crippen molar-refractivity contribution in [1.82, 2.24) is 5.32 Å². The van der Waals surface area contributed by atoms with Crippen LogP contribution < -0.4 is 5.32 Å². The molecule has 1 aromatic carbocycles. The van der Waals surface area contributed by atoms with Gasteiger partial charge in [-0.2, -0.15) is 18.4 Å². The van der Waals surface area contributed by atoms with E-state index in [1.54, 1.807) is 6.07 Å². The highest BCUT2D eigenvalue weighted by atomic mass is 19.4. The van der Waals surface area contributed by atoms with Crippen molar-refractivity contribution in [3.8, 4) is 6.07 Å². The molecule has 0 radical (unpaired) electrons. The summed E-state index contributed by atoms with van der Waals surface area (Å²) in [6, 6.07) is 6.87. The Morgan fingerprint density at radius 2 is 2.17 bits per heavy atom. The summed E-state index contributed by atoms with van der Waals surface area (Å²) in [5, 5.41) is 11.1. The fraction of sp³-hybridized carbons (Fsp3) is 0.417. The van der Waals surface area contributed by atoms with Crippen molar-refractivity contribution in [2.45, 2.75) is 12.3 Å². The van der Waals surface area contributed by atoms with Crippen LogP contribution in [-0.4, -0.2) is 20.2 Å². The number of hydrogen-bond acceptors (Lipinski definition) is 3. The van der Waals surface area contributed by atoms with Gasteiger partial charge in [0.05, 0.1) is 24.3 Å². The predicted molar refractivity (Wildman–Crippen MR) is 59.7 cm³/mol. The molecule has 0 heterocycles. The number of benzene rings is 1. The lowest BCUT2D eigenvalue weighted by atomic mass is 10.1. The monoisotopic (exact) mass is 258 g/mol. The molecular weight excluding hydrogens is 245 g/mol. The van der Waals surface area contributed by atoms with Crippen molar-refractivity contribution < 1.29 is 17.9 Å². The van der Waals surface area contributed by atoms with E-state index >= 15 is 0 Å². The molecule has 0 aliphatic rings. The second-order valence-corrected chi connectivity index (χ2v) is 3.64. The second-order valence-electron chi connectivity index (χ2n) is 3.64. The summed E-state index contributed by atoms with van der Waals surface area (Å²) in [5.74, 6) is 0. The third kappa shape index (κ3) is 4.02. The molecule has 98 valence electrons. The highest BCUT2D eigenvalue weighted by Gasteiger charge is 2.30. The van der Waals surface area contributed by atoms with Crippen LogP contribution in [0.4, 0.5) is 13.2 Å². The molecule has 1 N–H and O–H groups in total. The molecular formula is C12H13F3N2O. The maximum absolute atomic E-state index is 12.5. The van der Waals surface area contributed by atoms with Gasteiger partial charge in [0.25, 0.3) is 0 Å². The van der Waals surface area contributed by atoms with E-state index in [2.05, 4.69) is 5.32 Å². The summed E-state index contributed by atoms with van der Waals surface area (Å²) in [4.78, 5) is 0. The Morgan fingerprint density at radius 3 is 2.72 bits per heavy atom. The Hall–Kier alpha value is -1.58. The lowest BCUT2D eigenvalue weighted by molar-refractivity contribution is -0.137. The lowest BCUT2D eigenvalue weighted by Crippen LogP contribution is -2.23. The highest BCUT2D eigenvalue weighted by molar-refractivity contribution is 5.27. The smallest absolute Gasteiger partial charge is 0.375 e. The fourth-order valence-electron chi connectivity index (χ4n) is 1.51. The maximum Gasteiger partial charge on any atom is 0.416 e. The van der Waals surface area contributed by atoms with E-state index < -0.39 is 17.8 Å². The molecule has 0 saturated carbocycles. The van der Waals surface area contributed by atoms with Crippen molar-refractivity contribution in [2.24, 2.45) is 0 Å². The summed E-state index contributed by atoms with van der Waals surface area (Å²) in [7, 11) is 1.42. The van der Waals surface area contributed by atoms with Gasteiger partial charge in [0.2, 0.25) is 0 Å². The minimum atomic E-state index is -4.37. The molecule has 0 fully saturated rings. The van der Waals surface area contributed by atoms with Gasteiger partial charge in [-0.3, -0.25) is 0 Å². The number of hydrogen-bond donors (Lipinski definition) is 1. The number of methoxy groups -OCH3 is 1. The number of rotatable bonds is 5. The van der Waals surface area contributed by atoms with Gasteiger partial charge >= 0.3 is 6.18 Å². The van der Waals surface area contributed by atoms with E-state index in [1.807, 2.05) is 6.07 Å². The van der Waals surface area contributed by atoms with Gasteiger partial charge in [-0.1, -0.05) is 12.1 Å². The van der Waals surface area contributed by atoms with Gasteiger partial charge in [0.1, 0.15) is 0 Å². The summed E-state index contributed by atoms with van der Waals surface area (Å²) >= 11 is 0. The average Bonchev–Trinajstić information content (AvgIpc) is 2.34. The lowest BCUT2D eigenvalue weighted by Gasteiger charge is -2.17. The molecule has 0 aliphatic heterocycles. The molecule has 0 saturated heterocycles. The molecule has 0 amide bonds. The fourth-order valence-corrected chi connectivity index (χ4v) is 1.51. The van der Waals surface area contributed by atoms with Crippen LogP contribution in [0.1, 0.15) is 17.2 Å². The summed E-state index contributed by atoms with van der Waals surface area (Å²) in [6.07, 6.45) is -4.88. The minimum absolute atomic E-state index is 0.124. The minimum Gasteiger partial charge on any atom is -0.375 e. The molecule has 1 aromatic rings. The van der Waals surface area contributed by atoms with Crippen LogP contribution in [0.5, 0.6) is 0 Å². The first-order chi connectivity index (χ1) is 8.49. The van der Waals surface area contributed by atoms with E-state index in [-0.39, 0.29) is 13.1 Å². The Morgan fingerprint density at radius 1 is 1.44 bits per heavy atom. The van der Waals surface area contributed by atoms with Crippen LogP contribution in [0.25, 0.3) is 0 Å². The molecule has 1 atom stereocenters. The van der Waals surface area contributed by atoms with Crippen molar-refractivity contribution in [3.05, 3.63) is 35.4 Å². The zero-order valence-corrected chi connectivity index (χ0v) is 9.79. The zero-order valence-electron chi connectivity index (χ0n) is 9.79. The van der Waals surface area contributed by atoms with Crippen LogP contribution in [0, 0.1) is 11.3 Å². The second kappa shape index (κ2) is 6.38. The number of ether oxygens (including phenoxy) is 1. The third-order valence-electron chi connectivity index (χ3n) is 2.40. The van der Waals surface area contributed by atoms with Gasteiger partial charge in [-0.05, 0) is 17.7 Å². The highest BCUT2D eigenvalue weighted by Crippen LogP contribution is 2.31. The predicted octanol–water partition coefficient (Wildman–Crippen LogP) is 2.51. The van der Waals surface area contributed by atoms with Gasteiger partial charge in [0.15, 0.2) is 0 Å². The Balaban J connectivity index is 2.83. The van der Waals surface area contributed by atoms with Crippen LogP contribution in [-0.2, 0) is 10.9 Å². The third-order valence-corrected chi connectivity index (χ3v) is 2.40. The first-order valence-corrected chi connectivity index (χ1v) is 5.26. The molecule has 0 aromatic heterocycles. The van der Waals surface area contributed by atoms with Gasteiger partial charge in [-0.25, -0.2) is 0 Å². The summed E-state index contributed by atoms with van der Waals surface area (Å²) in [6.45, 7) is 0.407. The maximum atomic E-state index is 12.5. The molecule has 0 aliphatic carbocycles. The quantitative estimate of drug-likeness (QED) is 0.652. The first kappa shape index (κ1) is 14.5. The van der Waals surface area contributed by atoms with E-state index in [0.29, 0.717) is 5.56 Å². The van der Waals surface area contributed by atoms with E-state index in [9.17, 15) is 13.2 Å².